The molecular weight excluding hydrogens is 356 g/mol. The van der Waals surface area contributed by atoms with Gasteiger partial charge in [0.1, 0.15) is 4.90 Å². The minimum atomic E-state index is -3.73. The number of nitrogens with zero attached hydrogens (tertiary/aromatic N) is 2. The van der Waals surface area contributed by atoms with Gasteiger partial charge in [0, 0.05) is 17.6 Å². The summed E-state index contributed by atoms with van der Waals surface area (Å²) in [7, 11) is -2.07. The topological polar surface area (TPSA) is 90.0 Å². The molecule has 0 aliphatic rings. The molecule has 0 bridgehead atoms. The van der Waals surface area contributed by atoms with Crippen molar-refractivity contribution in [3.05, 3.63) is 40.0 Å². The molecule has 0 amide bonds. The quantitative estimate of drug-likeness (QED) is 0.859. The first-order valence-corrected chi connectivity index (χ1v) is 8.57. The van der Waals surface area contributed by atoms with Crippen molar-refractivity contribution in [2.75, 3.05) is 5.73 Å². The van der Waals surface area contributed by atoms with Gasteiger partial charge in [0.2, 0.25) is 10.0 Å². The normalized spacial score (nSPS) is 13.3. The number of hydrogen-bond acceptors (Lipinski definition) is 4. The highest BCUT2D eigenvalue weighted by Gasteiger charge is 2.26. The van der Waals surface area contributed by atoms with E-state index in [0.29, 0.717) is 5.69 Å². The molecule has 6 nitrogen and oxygen atoms in total. The molecular formula is C13H17BrN4O2S. The van der Waals surface area contributed by atoms with Crippen molar-refractivity contribution >= 4 is 31.8 Å². The Balaban J connectivity index is 2.31. The fraction of sp³-hybridized carbons (Fsp3) is 0.308. The number of nitrogens with one attached hydrogen (secondary N) is 1. The lowest BCUT2D eigenvalue weighted by Gasteiger charge is -2.15. The van der Waals surface area contributed by atoms with Gasteiger partial charge in [-0.2, -0.15) is 5.10 Å². The van der Waals surface area contributed by atoms with Crippen LogP contribution >= 0.6 is 15.9 Å². The summed E-state index contributed by atoms with van der Waals surface area (Å²) in [6.45, 7) is 3.45. The average molecular weight is 373 g/mol. The van der Waals surface area contributed by atoms with Gasteiger partial charge in [-0.15, -0.1) is 0 Å². The van der Waals surface area contributed by atoms with E-state index in [1.807, 2.05) is 24.3 Å². The fourth-order valence-corrected chi connectivity index (χ4v) is 3.88. The lowest BCUT2D eigenvalue weighted by atomic mass is 10.1. The zero-order valence-electron chi connectivity index (χ0n) is 12.0. The lowest BCUT2D eigenvalue weighted by molar-refractivity contribution is 0.566. The van der Waals surface area contributed by atoms with Crippen LogP contribution in [-0.2, 0) is 17.1 Å². The third-order valence-electron chi connectivity index (χ3n) is 3.28. The van der Waals surface area contributed by atoms with E-state index >= 15 is 0 Å². The Morgan fingerprint density at radius 3 is 2.38 bits per heavy atom. The van der Waals surface area contributed by atoms with Crippen LogP contribution in [0.15, 0.2) is 33.6 Å². The van der Waals surface area contributed by atoms with Crippen molar-refractivity contribution in [2.24, 2.45) is 7.05 Å². The number of rotatable bonds is 4. The van der Waals surface area contributed by atoms with Gasteiger partial charge in [-0.3, -0.25) is 4.68 Å². The Kier molecular flexibility index (Phi) is 4.40. The van der Waals surface area contributed by atoms with E-state index in [1.165, 1.54) is 4.68 Å². The first-order chi connectivity index (χ1) is 9.72. The van der Waals surface area contributed by atoms with Crippen LogP contribution in [0.3, 0.4) is 0 Å². The number of sulfonamides is 1. The van der Waals surface area contributed by atoms with E-state index in [4.69, 9.17) is 5.73 Å². The molecule has 1 aromatic heterocycles. The van der Waals surface area contributed by atoms with E-state index < -0.39 is 10.0 Å². The summed E-state index contributed by atoms with van der Waals surface area (Å²) < 4.78 is 30.0. The van der Waals surface area contributed by atoms with Gasteiger partial charge in [0.05, 0.1) is 5.69 Å². The average Bonchev–Trinajstić information content (AvgIpc) is 2.63. The molecule has 0 fully saturated rings. The van der Waals surface area contributed by atoms with Crippen LogP contribution in [0.5, 0.6) is 0 Å². The molecule has 0 aliphatic carbocycles. The Labute approximate surface area is 132 Å². The van der Waals surface area contributed by atoms with Gasteiger partial charge in [-0.05, 0) is 31.5 Å². The summed E-state index contributed by atoms with van der Waals surface area (Å²) >= 11 is 3.35. The highest BCUT2D eigenvalue weighted by atomic mass is 79.9. The molecule has 0 saturated carbocycles. The smallest absolute Gasteiger partial charge is 0.246 e. The Morgan fingerprint density at radius 1 is 1.33 bits per heavy atom. The Morgan fingerprint density at radius 2 is 1.90 bits per heavy atom. The van der Waals surface area contributed by atoms with Crippen LogP contribution in [0.1, 0.15) is 24.2 Å². The van der Waals surface area contributed by atoms with Gasteiger partial charge in [0.25, 0.3) is 0 Å². The van der Waals surface area contributed by atoms with Crippen molar-refractivity contribution in [2.45, 2.75) is 24.8 Å². The Bertz CT molecular complexity index is 753. The number of halogens is 1. The monoisotopic (exact) mass is 372 g/mol. The van der Waals surface area contributed by atoms with Crippen molar-refractivity contribution in [3.63, 3.8) is 0 Å². The maximum atomic E-state index is 12.5. The van der Waals surface area contributed by atoms with Gasteiger partial charge in [0.15, 0.2) is 5.82 Å². The largest absolute Gasteiger partial charge is 0.381 e. The zero-order valence-corrected chi connectivity index (χ0v) is 14.4. The van der Waals surface area contributed by atoms with Gasteiger partial charge < -0.3 is 5.73 Å². The number of anilines is 1. The predicted molar refractivity (Wildman–Crippen MR) is 85.2 cm³/mol. The summed E-state index contributed by atoms with van der Waals surface area (Å²) in [4.78, 5) is 0.0361. The molecule has 8 heteroatoms. The highest BCUT2D eigenvalue weighted by Crippen LogP contribution is 2.24. The third kappa shape index (κ3) is 3.28. The molecule has 2 aromatic rings. The maximum Gasteiger partial charge on any atom is 0.246 e. The van der Waals surface area contributed by atoms with E-state index in [1.54, 1.807) is 20.9 Å². The molecule has 3 N–H and O–H groups in total. The second-order valence-corrected chi connectivity index (χ2v) is 7.38. The molecule has 114 valence electrons. The number of hydrogen-bond donors (Lipinski definition) is 2. The summed E-state index contributed by atoms with van der Waals surface area (Å²) in [5.41, 5.74) is 7.07. The van der Waals surface area contributed by atoms with Gasteiger partial charge in [-0.1, -0.05) is 28.1 Å². The summed E-state index contributed by atoms with van der Waals surface area (Å²) in [5, 5.41) is 3.94. The molecule has 0 aliphatic heterocycles. The summed E-state index contributed by atoms with van der Waals surface area (Å²) in [6, 6.07) is 7.07. The molecule has 21 heavy (non-hydrogen) atoms. The molecule has 2 rings (SSSR count). The summed E-state index contributed by atoms with van der Waals surface area (Å²) in [6.07, 6.45) is 0. The second kappa shape index (κ2) is 5.78. The minimum Gasteiger partial charge on any atom is -0.381 e. The van der Waals surface area contributed by atoms with Crippen LogP contribution in [0.2, 0.25) is 0 Å². The van der Waals surface area contributed by atoms with Crippen molar-refractivity contribution in [1.29, 1.82) is 0 Å². The lowest BCUT2D eigenvalue weighted by Crippen LogP contribution is -2.27. The van der Waals surface area contributed by atoms with Crippen LogP contribution < -0.4 is 10.5 Å². The van der Waals surface area contributed by atoms with Gasteiger partial charge in [-0.25, -0.2) is 13.1 Å². The molecule has 0 spiro atoms. The second-order valence-electron chi connectivity index (χ2n) is 4.82. The molecule has 1 unspecified atom stereocenters. The predicted octanol–water partition coefficient (Wildman–Crippen LogP) is 2.11. The number of aromatic nitrogens is 2. The number of benzene rings is 1. The van der Waals surface area contributed by atoms with Crippen molar-refractivity contribution in [3.8, 4) is 0 Å². The molecule has 1 aromatic carbocycles. The Hall–Kier alpha value is -1.38. The standard InChI is InChI=1S/C13H17BrN4O2S/c1-8(10-4-6-11(14)7-5-10)17-21(19,20)12-9(2)18(3)16-13(12)15/h4-8,17H,1-3H3,(H2,15,16). The minimum absolute atomic E-state index is 0.00510. The first-order valence-electron chi connectivity index (χ1n) is 6.29. The van der Waals surface area contributed by atoms with E-state index in [-0.39, 0.29) is 16.8 Å². The first kappa shape index (κ1) is 16.0. The molecule has 1 atom stereocenters. The maximum absolute atomic E-state index is 12.5. The number of aryl methyl sites for hydroxylation is 1. The zero-order chi connectivity index (χ0) is 15.8. The van der Waals surface area contributed by atoms with Crippen molar-refractivity contribution in [1.82, 2.24) is 14.5 Å². The van der Waals surface area contributed by atoms with Crippen LogP contribution in [0.4, 0.5) is 5.82 Å². The van der Waals surface area contributed by atoms with Crippen LogP contribution in [0.25, 0.3) is 0 Å². The van der Waals surface area contributed by atoms with E-state index in [2.05, 4.69) is 25.8 Å². The molecule has 0 radical (unpaired) electrons. The third-order valence-corrected chi connectivity index (χ3v) is 5.51. The fourth-order valence-electron chi connectivity index (χ4n) is 2.06. The van der Waals surface area contributed by atoms with Crippen molar-refractivity contribution < 1.29 is 8.42 Å². The molecule has 0 saturated heterocycles. The molecule has 1 heterocycles. The van der Waals surface area contributed by atoms with Gasteiger partial charge >= 0.3 is 0 Å². The van der Waals surface area contributed by atoms with E-state index in [9.17, 15) is 8.42 Å². The number of nitrogen functional groups attached to an aromatic ring is 1. The summed E-state index contributed by atoms with van der Waals surface area (Å²) in [5.74, 6) is 0.00510. The highest BCUT2D eigenvalue weighted by molar-refractivity contribution is 9.10. The van der Waals surface area contributed by atoms with Crippen LogP contribution in [0, 0.1) is 6.92 Å². The van der Waals surface area contributed by atoms with E-state index in [0.717, 1.165) is 10.0 Å². The van der Waals surface area contributed by atoms with Crippen LogP contribution in [-0.4, -0.2) is 18.2 Å². The SMILES string of the molecule is Cc1c(S(=O)(=O)NC(C)c2ccc(Br)cc2)c(N)nn1C. The number of nitrogens with two attached hydrogens (primary N) is 1.